The number of ketones is 1. The molecule has 1 aliphatic heterocycles. The number of nitrogens with zero attached hydrogens (tertiary/aromatic N) is 2. The Morgan fingerprint density at radius 2 is 2.07 bits per heavy atom. The number of carbonyl (C=O) groups is 1. The summed E-state index contributed by atoms with van der Waals surface area (Å²) >= 11 is 6.32. The third-order valence-corrected chi connectivity index (χ3v) is 4.95. The average molecular weight is 423 g/mol. The lowest BCUT2D eigenvalue weighted by Crippen LogP contribution is -2.22. The maximum atomic E-state index is 13.0. The summed E-state index contributed by atoms with van der Waals surface area (Å²) in [5.74, 6) is 5.23. The van der Waals surface area contributed by atoms with Crippen LogP contribution < -0.4 is 0 Å². The Hall–Kier alpha value is -2.98. The van der Waals surface area contributed by atoms with Gasteiger partial charge in [-0.15, -0.1) is 0 Å². The molecule has 7 heteroatoms. The van der Waals surface area contributed by atoms with E-state index in [4.69, 9.17) is 25.6 Å². The second-order valence-corrected chi connectivity index (χ2v) is 7.12. The van der Waals surface area contributed by atoms with Crippen LogP contribution in [0.15, 0.2) is 53.2 Å². The van der Waals surface area contributed by atoms with Gasteiger partial charge in [0.05, 0.1) is 11.6 Å². The minimum absolute atomic E-state index is 0.0744. The van der Waals surface area contributed by atoms with Crippen LogP contribution in [0.5, 0.6) is 0 Å². The maximum absolute atomic E-state index is 13.0. The first kappa shape index (κ1) is 20.3. The molecule has 1 aromatic carbocycles. The van der Waals surface area contributed by atoms with Gasteiger partial charge in [0.25, 0.3) is 0 Å². The lowest BCUT2D eigenvalue weighted by molar-refractivity contribution is -0.169. The molecule has 2 aromatic heterocycles. The fourth-order valence-corrected chi connectivity index (χ4v) is 3.34. The molecule has 1 fully saturated rings. The minimum Gasteiger partial charge on any atom is -0.355 e. The van der Waals surface area contributed by atoms with Crippen molar-refractivity contribution in [2.75, 3.05) is 6.61 Å². The molecule has 0 bridgehead atoms. The SMILES string of the molecule is O=C(C#Cc1ccccn1)c1c(COC2CCCCO2)noc1-c1ccccc1Cl. The van der Waals surface area contributed by atoms with Crippen molar-refractivity contribution in [3.63, 3.8) is 0 Å². The van der Waals surface area contributed by atoms with E-state index < -0.39 is 5.78 Å². The van der Waals surface area contributed by atoms with Crippen LogP contribution in [0.25, 0.3) is 11.3 Å². The van der Waals surface area contributed by atoms with E-state index in [9.17, 15) is 4.79 Å². The van der Waals surface area contributed by atoms with Crippen LogP contribution in [0, 0.1) is 11.8 Å². The van der Waals surface area contributed by atoms with E-state index in [1.165, 1.54) is 0 Å². The zero-order valence-electron chi connectivity index (χ0n) is 16.1. The molecule has 0 saturated carbocycles. The van der Waals surface area contributed by atoms with Gasteiger partial charge in [-0.05, 0) is 55.4 Å². The van der Waals surface area contributed by atoms with Crippen LogP contribution >= 0.6 is 11.6 Å². The third kappa shape index (κ3) is 4.77. The first-order valence-corrected chi connectivity index (χ1v) is 10.0. The highest BCUT2D eigenvalue weighted by Gasteiger charge is 2.25. The number of ether oxygens (including phenoxy) is 2. The summed E-state index contributed by atoms with van der Waals surface area (Å²) in [6, 6.07) is 12.4. The topological polar surface area (TPSA) is 74.5 Å². The van der Waals surface area contributed by atoms with Gasteiger partial charge in [-0.1, -0.05) is 35.0 Å². The predicted octanol–water partition coefficient (Wildman–Crippen LogP) is 4.67. The first-order chi connectivity index (χ1) is 14.7. The van der Waals surface area contributed by atoms with Crippen LogP contribution in [-0.2, 0) is 16.1 Å². The van der Waals surface area contributed by atoms with Crippen molar-refractivity contribution < 1.29 is 18.8 Å². The monoisotopic (exact) mass is 422 g/mol. The van der Waals surface area contributed by atoms with Crippen molar-refractivity contribution in [2.45, 2.75) is 32.2 Å². The summed E-state index contributed by atoms with van der Waals surface area (Å²) in [4.78, 5) is 17.1. The van der Waals surface area contributed by atoms with Crippen molar-refractivity contribution in [3.05, 3.63) is 70.6 Å². The molecule has 0 radical (unpaired) electrons. The molecule has 30 heavy (non-hydrogen) atoms. The van der Waals surface area contributed by atoms with Gasteiger partial charge in [-0.25, -0.2) is 4.98 Å². The fourth-order valence-electron chi connectivity index (χ4n) is 3.12. The third-order valence-electron chi connectivity index (χ3n) is 4.62. The van der Waals surface area contributed by atoms with Gasteiger partial charge in [-0.3, -0.25) is 4.79 Å². The van der Waals surface area contributed by atoms with Crippen LogP contribution in [0.3, 0.4) is 0 Å². The molecule has 0 aliphatic carbocycles. The number of hydrogen-bond acceptors (Lipinski definition) is 6. The van der Waals surface area contributed by atoms with E-state index in [-0.39, 0.29) is 24.2 Å². The van der Waals surface area contributed by atoms with Crippen molar-refractivity contribution in [2.24, 2.45) is 0 Å². The number of halogens is 1. The summed E-state index contributed by atoms with van der Waals surface area (Å²) in [6.45, 7) is 0.737. The molecule has 4 rings (SSSR count). The molecule has 0 amide bonds. The Kier molecular flexibility index (Phi) is 6.55. The van der Waals surface area contributed by atoms with Gasteiger partial charge in [0.15, 0.2) is 12.1 Å². The van der Waals surface area contributed by atoms with Gasteiger partial charge in [-0.2, -0.15) is 0 Å². The molecule has 152 valence electrons. The van der Waals surface area contributed by atoms with Crippen molar-refractivity contribution in [1.82, 2.24) is 10.1 Å². The Morgan fingerprint density at radius 3 is 2.83 bits per heavy atom. The van der Waals surface area contributed by atoms with Crippen LogP contribution in [0.1, 0.15) is 41.0 Å². The molecular formula is C23H19ClN2O4. The van der Waals surface area contributed by atoms with Gasteiger partial charge in [0.2, 0.25) is 5.78 Å². The highest BCUT2D eigenvalue weighted by Crippen LogP contribution is 2.33. The molecule has 3 heterocycles. The normalized spacial score (nSPS) is 16.0. The molecule has 1 unspecified atom stereocenters. The fraction of sp³-hybridized carbons (Fsp3) is 0.261. The van der Waals surface area contributed by atoms with Gasteiger partial charge in [0, 0.05) is 18.4 Å². The molecule has 3 aromatic rings. The molecular weight excluding hydrogens is 404 g/mol. The molecule has 6 nitrogen and oxygen atoms in total. The zero-order chi connectivity index (χ0) is 20.8. The maximum Gasteiger partial charge on any atom is 0.242 e. The van der Waals surface area contributed by atoms with E-state index in [2.05, 4.69) is 22.0 Å². The van der Waals surface area contributed by atoms with E-state index >= 15 is 0 Å². The summed E-state index contributed by atoms with van der Waals surface area (Å²) in [6.07, 6.45) is 4.16. The van der Waals surface area contributed by atoms with E-state index in [0.29, 0.717) is 28.6 Å². The van der Waals surface area contributed by atoms with Crippen LogP contribution in [0.2, 0.25) is 5.02 Å². The number of hydrogen-bond donors (Lipinski definition) is 0. The first-order valence-electron chi connectivity index (χ1n) is 9.66. The average Bonchev–Trinajstić information content (AvgIpc) is 3.21. The van der Waals surface area contributed by atoms with Crippen molar-refractivity contribution in [1.29, 1.82) is 0 Å². The van der Waals surface area contributed by atoms with Crippen LogP contribution in [-0.4, -0.2) is 28.8 Å². The summed E-state index contributed by atoms with van der Waals surface area (Å²) in [5.41, 5.74) is 1.66. The Labute approximate surface area is 179 Å². The summed E-state index contributed by atoms with van der Waals surface area (Å²) < 4.78 is 16.9. The molecule has 1 saturated heterocycles. The Morgan fingerprint density at radius 1 is 1.20 bits per heavy atom. The highest BCUT2D eigenvalue weighted by atomic mass is 35.5. The number of benzene rings is 1. The minimum atomic E-state index is -0.444. The number of carbonyl (C=O) groups excluding carboxylic acids is 1. The van der Waals surface area contributed by atoms with Gasteiger partial charge in [0.1, 0.15) is 17.0 Å². The second-order valence-electron chi connectivity index (χ2n) is 6.71. The van der Waals surface area contributed by atoms with E-state index in [1.54, 1.807) is 42.6 Å². The number of Topliss-reactive ketones (excluding diaryl/α,β-unsaturated/α-hetero) is 1. The lowest BCUT2D eigenvalue weighted by Gasteiger charge is -2.22. The number of rotatable bonds is 5. The van der Waals surface area contributed by atoms with E-state index in [1.807, 2.05) is 6.07 Å². The Balaban J connectivity index is 1.65. The largest absolute Gasteiger partial charge is 0.355 e. The number of pyridine rings is 1. The summed E-state index contributed by atoms with van der Waals surface area (Å²) in [7, 11) is 0. The Bertz CT molecular complexity index is 1080. The predicted molar refractivity (Wildman–Crippen MR) is 111 cm³/mol. The highest BCUT2D eigenvalue weighted by molar-refractivity contribution is 6.33. The number of aromatic nitrogens is 2. The smallest absolute Gasteiger partial charge is 0.242 e. The summed E-state index contributed by atoms with van der Waals surface area (Å²) in [5, 5.41) is 4.52. The lowest BCUT2D eigenvalue weighted by atomic mass is 10.0. The molecule has 0 N–H and O–H groups in total. The van der Waals surface area contributed by atoms with E-state index in [0.717, 1.165) is 19.3 Å². The second kappa shape index (κ2) is 9.68. The van der Waals surface area contributed by atoms with Crippen molar-refractivity contribution in [3.8, 4) is 23.2 Å². The van der Waals surface area contributed by atoms with Gasteiger partial charge < -0.3 is 14.0 Å². The molecule has 1 atom stereocenters. The van der Waals surface area contributed by atoms with Crippen LogP contribution in [0.4, 0.5) is 0 Å². The zero-order valence-corrected chi connectivity index (χ0v) is 16.9. The molecule has 0 spiro atoms. The quantitative estimate of drug-likeness (QED) is 0.439. The standard InChI is InChI=1S/C23H19ClN2O4/c24-18-9-2-1-8-17(18)23-22(20(27)12-11-16-7-3-5-13-25-16)19(26-30-23)15-29-21-10-4-6-14-28-21/h1-3,5,7-9,13,21H,4,6,10,14-15H2. The van der Waals surface area contributed by atoms with Gasteiger partial charge >= 0.3 is 0 Å². The van der Waals surface area contributed by atoms with Crippen molar-refractivity contribution >= 4 is 17.4 Å². The molecule has 1 aliphatic rings.